The highest BCUT2D eigenvalue weighted by atomic mass is 16.6. The number of hydrogen-bond donors (Lipinski definition) is 1. The average molecular weight is 512 g/mol. The molecule has 0 radical (unpaired) electrons. The zero-order valence-corrected chi connectivity index (χ0v) is 23.1. The molecule has 0 aromatic rings. The van der Waals surface area contributed by atoms with E-state index in [9.17, 15) is 24.0 Å². The smallest absolute Gasteiger partial charge is 0.417 e. The Balaban J connectivity index is 0.000000657. The maximum Gasteiger partial charge on any atom is 0.417 e. The lowest BCUT2D eigenvalue weighted by Crippen LogP contribution is -2.47. The summed E-state index contributed by atoms with van der Waals surface area (Å²) in [6.45, 7) is 17.2. The number of nitrogens with zero attached hydrogens (tertiary/aromatic N) is 2. The summed E-state index contributed by atoms with van der Waals surface area (Å²) in [6.07, 6.45) is 0.587. The van der Waals surface area contributed by atoms with Crippen LogP contribution in [0, 0.1) is 11.3 Å². The highest BCUT2D eigenvalue weighted by Gasteiger charge is 2.44. The lowest BCUT2D eigenvalue weighted by molar-refractivity contribution is -0.161. The molecule has 2 fully saturated rings. The lowest BCUT2D eigenvalue weighted by Gasteiger charge is -2.28. The Morgan fingerprint density at radius 2 is 1.28 bits per heavy atom. The highest BCUT2D eigenvalue weighted by Crippen LogP contribution is 2.24. The second kappa shape index (κ2) is 13.2. The maximum absolute atomic E-state index is 12.1. The summed E-state index contributed by atoms with van der Waals surface area (Å²) in [7, 11) is 0. The van der Waals surface area contributed by atoms with E-state index in [4.69, 9.17) is 19.5 Å². The molecule has 2 heterocycles. The Hall–Kier alpha value is -3.16. The third-order valence-electron chi connectivity index (χ3n) is 4.17. The number of rotatable bonds is 2. The number of nitriles is 1. The highest BCUT2D eigenvalue weighted by molar-refractivity contribution is 5.99. The molecule has 2 saturated heterocycles. The van der Waals surface area contributed by atoms with Crippen molar-refractivity contribution in [3.63, 3.8) is 0 Å². The Morgan fingerprint density at radius 3 is 1.67 bits per heavy atom. The molecule has 2 aliphatic rings. The summed E-state index contributed by atoms with van der Waals surface area (Å²) < 4.78 is 15.5. The Labute approximate surface area is 213 Å². The Morgan fingerprint density at radius 1 is 0.833 bits per heavy atom. The van der Waals surface area contributed by atoms with Crippen LogP contribution >= 0.6 is 0 Å². The summed E-state index contributed by atoms with van der Waals surface area (Å²) >= 11 is 0. The van der Waals surface area contributed by atoms with E-state index < -0.39 is 46.9 Å². The molecule has 2 rings (SSSR count). The molecule has 2 atom stereocenters. The first kappa shape index (κ1) is 32.8. The summed E-state index contributed by atoms with van der Waals surface area (Å²) in [6, 6.07) is 0.420. The molecule has 0 unspecified atom stereocenters. The van der Waals surface area contributed by atoms with Gasteiger partial charge in [0.2, 0.25) is 11.8 Å². The zero-order valence-electron chi connectivity index (χ0n) is 23.1. The van der Waals surface area contributed by atoms with E-state index in [-0.39, 0.29) is 24.7 Å². The van der Waals surface area contributed by atoms with Crippen molar-refractivity contribution < 1.29 is 38.2 Å². The van der Waals surface area contributed by atoms with Gasteiger partial charge in [-0.1, -0.05) is 0 Å². The van der Waals surface area contributed by atoms with Crippen LogP contribution in [-0.2, 0) is 33.4 Å². The van der Waals surface area contributed by atoms with E-state index in [1.807, 2.05) is 20.8 Å². The molecule has 0 saturated carbocycles. The average Bonchev–Trinajstić information content (AvgIpc) is 3.24. The first-order valence-electron chi connectivity index (χ1n) is 11.8. The van der Waals surface area contributed by atoms with Gasteiger partial charge in [0, 0.05) is 19.8 Å². The molecular weight excluding hydrogens is 470 g/mol. The van der Waals surface area contributed by atoms with Crippen LogP contribution < -0.4 is 5.32 Å². The molecule has 11 nitrogen and oxygen atoms in total. The van der Waals surface area contributed by atoms with Gasteiger partial charge in [-0.15, -0.1) is 0 Å². The summed E-state index contributed by atoms with van der Waals surface area (Å²) in [5, 5.41) is 9.88. The molecule has 204 valence electrons. The third kappa shape index (κ3) is 13.1. The molecule has 0 spiro atoms. The van der Waals surface area contributed by atoms with E-state index in [0.29, 0.717) is 12.8 Å². The summed E-state index contributed by atoms with van der Waals surface area (Å²) in [5.41, 5.74) is -1.87. The third-order valence-corrected chi connectivity index (χ3v) is 4.17. The normalized spacial score (nSPS) is 19.5. The minimum Gasteiger partial charge on any atom is -0.458 e. The molecule has 2 aliphatic heterocycles. The van der Waals surface area contributed by atoms with Crippen molar-refractivity contribution in [2.24, 2.45) is 0 Å². The fourth-order valence-electron chi connectivity index (χ4n) is 2.98. The van der Waals surface area contributed by atoms with Crippen molar-refractivity contribution in [3.05, 3.63) is 0 Å². The van der Waals surface area contributed by atoms with Crippen molar-refractivity contribution >= 4 is 29.8 Å². The van der Waals surface area contributed by atoms with Crippen molar-refractivity contribution in [2.75, 3.05) is 0 Å². The summed E-state index contributed by atoms with van der Waals surface area (Å²) in [4.78, 5) is 58.9. The van der Waals surface area contributed by atoms with Gasteiger partial charge in [0.15, 0.2) is 0 Å². The van der Waals surface area contributed by atoms with E-state index in [0.717, 1.165) is 4.90 Å². The fourth-order valence-corrected chi connectivity index (χ4v) is 2.98. The predicted octanol–water partition coefficient (Wildman–Crippen LogP) is 3.39. The van der Waals surface area contributed by atoms with Crippen LogP contribution in [0.3, 0.4) is 0 Å². The van der Waals surface area contributed by atoms with Gasteiger partial charge in [0.1, 0.15) is 28.9 Å². The second-order valence-corrected chi connectivity index (χ2v) is 11.2. The maximum atomic E-state index is 12.1. The van der Waals surface area contributed by atoms with Gasteiger partial charge in [-0.2, -0.15) is 5.26 Å². The Bertz CT molecular complexity index is 856. The number of hydrogen-bond acceptors (Lipinski definition) is 9. The molecule has 3 amide bonds. The number of nitrogens with one attached hydrogen (secondary N) is 1. The number of carbonyl (C=O) groups is 5. The second-order valence-electron chi connectivity index (χ2n) is 11.2. The van der Waals surface area contributed by atoms with Crippen LogP contribution in [0.2, 0.25) is 0 Å². The Kier molecular flexibility index (Phi) is 12.1. The monoisotopic (exact) mass is 511 g/mol. The van der Waals surface area contributed by atoms with Crippen LogP contribution in [0.4, 0.5) is 4.79 Å². The molecule has 0 aromatic heterocycles. The first-order chi connectivity index (χ1) is 16.2. The van der Waals surface area contributed by atoms with Crippen molar-refractivity contribution in [2.45, 2.75) is 124 Å². The van der Waals surface area contributed by atoms with Gasteiger partial charge >= 0.3 is 18.0 Å². The van der Waals surface area contributed by atoms with Crippen molar-refractivity contribution in [1.82, 2.24) is 10.2 Å². The van der Waals surface area contributed by atoms with Gasteiger partial charge < -0.3 is 19.5 Å². The largest absolute Gasteiger partial charge is 0.458 e. The van der Waals surface area contributed by atoms with Gasteiger partial charge in [-0.05, 0) is 75.2 Å². The molecular formula is C25H41N3O8. The van der Waals surface area contributed by atoms with Crippen molar-refractivity contribution in [3.8, 4) is 6.07 Å². The van der Waals surface area contributed by atoms with Crippen LogP contribution in [0.25, 0.3) is 0 Å². The van der Waals surface area contributed by atoms with E-state index in [1.54, 1.807) is 47.6 Å². The standard InChI is InChI=1S/C14H23NO5.C9H15NO3.C2H3N/c1-13(2,3)19-11(17)9-7-8-10(16)15(9)12(18)20-14(4,5)6;1-9(2,3)13-8(12)6-4-5-7(11)10-6;1-2-3/h9H,7-8H2,1-6H3;6H,4-5H2,1-3H3,(H,10,11);1H3/t9-;6-;/m00./s1. The van der Waals surface area contributed by atoms with Gasteiger partial charge in [-0.25, -0.2) is 19.3 Å². The quantitative estimate of drug-likeness (QED) is 0.434. The topological polar surface area (TPSA) is 152 Å². The van der Waals surface area contributed by atoms with Gasteiger partial charge in [0.25, 0.3) is 0 Å². The van der Waals surface area contributed by atoms with Crippen molar-refractivity contribution in [1.29, 1.82) is 5.26 Å². The minimum absolute atomic E-state index is 0.0733. The molecule has 0 aliphatic carbocycles. The number of ether oxygens (including phenoxy) is 3. The van der Waals surface area contributed by atoms with Crippen LogP contribution in [-0.4, -0.2) is 63.6 Å². The van der Waals surface area contributed by atoms with Crippen LogP contribution in [0.1, 0.15) is 94.9 Å². The van der Waals surface area contributed by atoms with E-state index in [2.05, 4.69) is 5.32 Å². The van der Waals surface area contributed by atoms with Crippen LogP contribution in [0.15, 0.2) is 0 Å². The first-order valence-corrected chi connectivity index (χ1v) is 11.8. The lowest BCUT2D eigenvalue weighted by atomic mass is 10.1. The molecule has 1 N–H and O–H groups in total. The van der Waals surface area contributed by atoms with E-state index in [1.165, 1.54) is 6.92 Å². The number of esters is 2. The molecule has 11 heteroatoms. The molecule has 0 aromatic carbocycles. The number of carbonyl (C=O) groups excluding carboxylic acids is 5. The van der Waals surface area contributed by atoms with Crippen LogP contribution in [0.5, 0.6) is 0 Å². The zero-order chi connectivity index (χ0) is 28.5. The summed E-state index contributed by atoms with van der Waals surface area (Å²) in [5.74, 6) is -1.39. The predicted molar refractivity (Wildman–Crippen MR) is 130 cm³/mol. The molecule has 36 heavy (non-hydrogen) atoms. The number of likely N-dealkylation sites (tertiary alicyclic amines) is 1. The minimum atomic E-state index is -0.892. The number of imide groups is 1. The van der Waals surface area contributed by atoms with Gasteiger partial charge in [-0.3, -0.25) is 9.59 Å². The van der Waals surface area contributed by atoms with E-state index >= 15 is 0 Å². The number of amides is 3. The van der Waals surface area contributed by atoms with Gasteiger partial charge in [0.05, 0.1) is 6.07 Å². The SMILES string of the molecule is CC#N.CC(C)(C)OC(=O)[C@@H]1CCC(=O)N1.CC(C)(C)OC(=O)[C@@H]1CCC(=O)N1C(=O)OC(C)(C)C. The molecule has 0 bridgehead atoms. The fraction of sp³-hybridized carbons (Fsp3) is 0.760.